The molecule has 1 aliphatic heterocycles. The third kappa shape index (κ3) is 3.53. The van der Waals surface area contributed by atoms with Crippen LogP contribution in [0.25, 0.3) is 0 Å². The quantitative estimate of drug-likeness (QED) is 0.756. The summed E-state index contributed by atoms with van der Waals surface area (Å²) in [7, 11) is 0. The van der Waals surface area contributed by atoms with E-state index in [1.807, 2.05) is 37.3 Å². The Labute approximate surface area is 159 Å². The maximum absolute atomic E-state index is 13.1. The number of aryl methyl sites for hydroxylation is 3. The highest BCUT2D eigenvalue weighted by molar-refractivity contribution is 6.06. The van der Waals surface area contributed by atoms with E-state index in [1.165, 1.54) is 5.56 Å². The molecule has 0 atom stereocenters. The lowest BCUT2D eigenvalue weighted by Gasteiger charge is -2.17. The molecule has 1 aromatic heterocycles. The Morgan fingerprint density at radius 3 is 2.52 bits per heavy atom. The van der Waals surface area contributed by atoms with Gasteiger partial charge in [-0.25, -0.2) is 9.97 Å². The van der Waals surface area contributed by atoms with E-state index in [2.05, 4.69) is 41.3 Å². The first-order valence-corrected chi connectivity index (χ1v) is 9.10. The Morgan fingerprint density at radius 2 is 1.74 bits per heavy atom. The van der Waals surface area contributed by atoms with Crippen molar-refractivity contribution in [1.82, 2.24) is 9.97 Å². The molecule has 5 nitrogen and oxygen atoms in total. The molecule has 27 heavy (non-hydrogen) atoms. The Morgan fingerprint density at radius 1 is 1.00 bits per heavy atom. The van der Waals surface area contributed by atoms with Crippen LogP contribution in [0.4, 0.5) is 17.3 Å². The minimum Gasteiger partial charge on any atom is -0.324 e. The third-order valence-electron chi connectivity index (χ3n) is 4.68. The van der Waals surface area contributed by atoms with Gasteiger partial charge < -0.3 is 10.2 Å². The first-order valence-electron chi connectivity index (χ1n) is 9.10. The molecule has 4 rings (SSSR count). The molecular formula is C22H22N4O. The highest BCUT2D eigenvalue weighted by atomic mass is 16.2. The van der Waals surface area contributed by atoms with E-state index in [4.69, 9.17) is 0 Å². The van der Waals surface area contributed by atoms with E-state index < -0.39 is 0 Å². The summed E-state index contributed by atoms with van der Waals surface area (Å²) < 4.78 is 0. The standard InChI is InChI=1S/C22H22N4O/c1-14-10-15(2)12-18(11-14)24-22-23-16(3)13-19(25-22)21(27)26-9-8-17-6-4-5-7-20(17)26/h4-7,10-13H,8-9H2,1-3H3,(H,23,24,25). The predicted molar refractivity (Wildman–Crippen MR) is 108 cm³/mol. The van der Waals surface area contributed by atoms with Crippen LogP contribution < -0.4 is 10.2 Å². The van der Waals surface area contributed by atoms with Crippen molar-refractivity contribution in [3.63, 3.8) is 0 Å². The molecule has 0 aliphatic carbocycles. The molecule has 2 heterocycles. The maximum atomic E-state index is 13.1. The Balaban J connectivity index is 1.64. The largest absolute Gasteiger partial charge is 0.324 e. The molecule has 1 aliphatic rings. The molecule has 1 amide bonds. The van der Waals surface area contributed by atoms with Gasteiger partial charge in [0.1, 0.15) is 5.69 Å². The van der Waals surface area contributed by atoms with Gasteiger partial charge in [-0.05, 0) is 68.1 Å². The van der Waals surface area contributed by atoms with Gasteiger partial charge in [0.2, 0.25) is 5.95 Å². The van der Waals surface area contributed by atoms with Crippen molar-refractivity contribution < 1.29 is 4.79 Å². The molecule has 0 bridgehead atoms. The number of nitrogens with zero attached hydrogens (tertiary/aromatic N) is 3. The number of hydrogen-bond acceptors (Lipinski definition) is 4. The van der Waals surface area contributed by atoms with Gasteiger partial charge in [0.25, 0.3) is 5.91 Å². The zero-order chi connectivity index (χ0) is 19.0. The van der Waals surface area contributed by atoms with Crippen LogP contribution in [0.1, 0.15) is 32.9 Å². The smallest absolute Gasteiger partial charge is 0.277 e. The van der Waals surface area contributed by atoms with E-state index >= 15 is 0 Å². The molecule has 3 aromatic rings. The number of fused-ring (bicyclic) bond motifs is 1. The molecule has 0 radical (unpaired) electrons. The van der Waals surface area contributed by atoms with E-state index in [1.54, 1.807) is 11.0 Å². The number of rotatable bonds is 3. The second-order valence-corrected chi connectivity index (χ2v) is 7.06. The fourth-order valence-electron chi connectivity index (χ4n) is 3.60. The van der Waals surface area contributed by atoms with Crippen LogP contribution in [0, 0.1) is 20.8 Å². The van der Waals surface area contributed by atoms with Gasteiger partial charge in [0.15, 0.2) is 0 Å². The van der Waals surface area contributed by atoms with Crippen LogP contribution in [0.5, 0.6) is 0 Å². The normalized spacial score (nSPS) is 12.8. The molecule has 0 fully saturated rings. The van der Waals surface area contributed by atoms with Crippen molar-refractivity contribution in [1.29, 1.82) is 0 Å². The first kappa shape index (κ1) is 17.2. The molecule has 1 N–H and O–H groups in total. The predicted octanol–water partition coefficient (Wildman–Crippen LogP) is 4.35. The summed E-state index contributed by atoms with van der Waals surface area (Å²) in [6.07, 6.45) is 0.875. The molecule has 0 unspecified atom stereocenters. The number of nitrogens with one attached hydrogen (secondary N) is 1. The second-order valence-electron chi connectivity index (χ2n) is 7.06. The molecule has 2 aromatic carbocycles. The van der Waals surface area contributed by atoms with Gasteiger partial charge in [0, 0.05) is 23.6 Å². The fourth-order valence-corrected chi connectivity index (χ4v) is 3.60. The summed E-state index contributed by atoms with van der Waals surface area (Å²) in [5.74, 6) is 0.352. The second kappa shape index (κ2) is 6.83. The Bertz CT molecular complexity index is 1010. The number of amides is 1. The number of carbonyl (C=O) groups excluding carboxylic acids is 1. The molecular weight excluding hydrogens is 336 g/mol. The van der Waals surface area contributed by atoms with Gasteiger partial charge in [-0.15, -0.1) is 0 Å². The third-order valence-corrected chi connectivity index (χ3v) is 4.68. The van der Waals surface area contributed by atoms with Crippen LogP contribution in [0.3, 0.4) is 0 Å². The molecule has 136 valence electrons. The van der Waals surface area contributed by atoms with E-state index in [9.17, 15) is 4.79 Å². The van der Waals surface area contributed by atoms with Crippen molar-refractivity contribution >= 4 is 23.2 Å². The lowest BCUT2D eigenvalue weighted by Crippen LogP contribution is -2.30. The molecule has 0 saturated carbocycles. The minimum atomic E-state index is -0.0890. The summed E-state index contributed by atoms with van der Waals surface area (Å²) in [5.41, 5.74) is 6.58. The Kier molecular flexibility index (Phi) is 4.36. The number of aromatic nitrogens is 2. The summed E-state index contributed by atoms with van der Waals surface area (Å²) in [5, 5.41) is 3.24. The van der Waals surface area contributed by atoms with Crippen LogP contribution in [0.2, 0.25) is 0 Å². The SMILES string of the molecule is Cc1cc(C)cc(Nc2nc(C)cc(C(=O)N3CCc4ccccc43)n2)c1. The average molecular weight is 358 g/mol. The van der Waals surface area contributed by atoms with E-state index in [0.717, 1.165) is 34.6 Å². The number of carbonyl (C=O) groups is 1. The van der Waals surface area contributed by atoms with E-state index in [-0.39, 0.29) is 5.91 Å². The van der Waals surface area contributed by atoms with Crippen molar-refractivity contribution in [2.24, 2.45) is 0 Å². The van der Waals surface area contributed by atoms with Crippen LogP contribution >= 0.6 is 0 Å². The number of benzene rings is 2. The number of anilines is 3. The summed E-state index contributed by atoms with van der Waals surface area (Å²) in [6.45, 7) is 6.66. The first-order chi connectivity index (χ1) is 13.0. The summed E-state index contributed by atoms with van der Waals surface area (Å²) >= 11 is 0. The Hall–Kier alpha value is -3.21. The monoisotopic (exact) mass is 358 g/mol. The van der Waals surface area contributed by atoms with Gasteiger partial charge in [-0.3, -0.25) is 4.79 Å². The molecule has 5 heteroatoms. The van der Waals surface area contributed by atoms with E-state index in [0.29, 0.717) is 18.2 Å². The summed E-state index contributed by atoms with van der Waals surface area (Å²) in [4.78, 5) is 23.8. The van der Waals surface area contributed by atoms with Crippen molar-refractivity contribution in [2.45, 2.75) is 27.2 Å². The topological polar surface area (TPSA) is 58.1 Å². The van der Waals surface area contributed by atoms with Gasteiger partial charge in [-0.1, -0.05) is 24.3 Å². The molecule has 0 saturated heterocycles. The fraction of sp³-hybridized carbons (Fsp3) is 0.227. The van der Waals surface area contributed by atoms with Gasteiger partial charge in [-0.2, -0.15) is 0 Å². The van der Waals surface area contributed by atoms with Crippen LogP contribution in [-0.2, 0) is 6.42 Å². The summed E-state index contributed by atoms with van der Waals surface area (Å²) in [6, 6.07) is 16.0. The van der Waals surface area contributed by atoms with Crippen molar-refractivity contribution in [3.05, 3.63) is 76.6 Å². The lowest BCUT2D eigenvalue weighted by atomic mass is 10.1. The minimum absolute atomic E-state index is 0.0890. The number of para-hydroxylation sites is 1. The van der Waals surface area contributed by atoms with Gasteiger partial charge in [0.05, 0.1) is 0 Å². The van der Waals surface area contributed by atoms with Crippen molar-refractivity contribution in [2.75, 3.05) is 16.8 Å². The average Bonchev–Trinajstić information content (AvgIpc) is 3.03. The van der Waals surface area contributed by atoms with Crippen LogP contribution in [0.15, 0.2) is 48.5 Å². The highest BCUT2D eigenvalue weighted by Gasteiger charge is 2.26. The lowest BCUT2D eigenvalue weighted by molar-refractivity contribution is 0.0984. The van der Waals surface area contributed by atoms with Crippen LogP contribution in [-0.4, -0.2) is 22.4 Å². The van der Waals surface area contributed by atoms with Crippen molar-refractivity contribution in [3.8, 4) is 0 Å². The highest BCUT2D eigenvalue weighted by Crippen LogP contribution is 2.29. The maximum Gasteiger partial charge on any atom is 0.277 e. The van der Waals surface area contributed by atoms with Gasteiger partial charge >= 0.3 is 0 Å². The zero-order valence-corrected chi connectivity index (χ0v) is 15.8. The number of hydrogen-bond donors (Lipinski definition) is 1. The molecule has 0 spiro atoms. The zero-order valence-electron chi connectivity index (χ0n) is 15.8.